The highest BCUT2D eigenvalue weighted by Crippen LogP contribution is 1.91. The van der Waals surface area contributed by atoms with Crippen LogP contribution >= 0.6 is 0 Å². The standard InChI is InChI=1S/C7H16N2O4S/c1-4-9(5-2)14(12,13)8-6(3)7(10)11/h6,8H,4-5H2,1-3H3,(H,10,11)/t6-/m0/s1. The summed E-state index contributed by atoms with van der Waals surface area (Å²) in [6, 6.07) is -1.10. The third-order valence-corrected chi connectivity index (χ3v) is 3.80. The van der Waals surface area contributed by atoms with Crippen molar-refractivity contribution in [2.45, 2.75) is 26.8 Å². The number of quaternary nitrogens is 1. The molecule has 0 unspecified atom stereocenters. The molecule has 84 valence electrons. The summed E-state index contributed by atoms with van der Waals surface area (Å²) in [4.78, 5) is 10.4. The van der Waals surface area contributed by atoms with Crippen molar-refractivity contribution in [2.24, 2.45) is 0 Å². The van der Waals surface area contributed by atoms with Gasteiger partial charge in [0.2, 0.25) is 0 Å². The number of nitrogens with zero attached hydrogens (tertiary/aromatic N) is 1. The minimum Gasteiger partial charge on any atom is -0.544 e. The Kier molecular flexibility index (Phi) is 5.03. The molecule has 2 N–H and O–H groups in total. The van der Waals surface area contributed by atoms with E-state index in [1.54, 1.807) is 13.8 Å². The molecule has 0 saturated heterocycles. The molecule has 0 aliphatic rings. The van der Waals surface area contributed by atoms with Crippen molar-refractivity contribution >= 4 is 16.2 Å². The first-order valence-corrected chi connectivity index (χ1v) is 5.91. The molecule has 0 aliphatic carbocycles. The number of nitrogens with two attached hydrogens (primary N) is 1. The molecule has 0 heterocycles. The fraction of sp³-hybridized carbons (Fsp3) is 0.857. The molecule has 0 saturated carbocycles. The minimum atomic E-state index is -3.58. The second-order valence-electron chi connectivity index (χ2n) is 2.87. The van der Waals surface area contributed by atoms with Gasteiger partial charge in [-0.3, -0.25) is 0 Å². The van der Waals surface area contributed by atoms with Crippen molar-refractivity contribution < 1.29 is 23.0 Å². The smallest absolute Gasteiger partial charge is 0.369 e. The molecule has 0 rings (SSSR count). The van der Waals surface area contributed by atoms with Gasteiger partial charge in [-0.2, -0.15) is 12.7 Å². The summed E-state index contributed by atoms with van der Waals surface area (Å²) in [5.41, 5.74) is 0. The molecule has 0 aromatic carbocycles. The fourth-order valence-corrected chi connectivity index (χ4v) is 2.50. The molecule has 1 atom stereocenters. The Bertz CT molecular complexity index is 284. The molecular weight excluding hydrogens is 208 g/mol. The normalized spacial score (nSPS) is 14.3. The lowest BCUT2D eigenvalue weighted by molar-refractivity contribution is -0.540. The van der Waals surface area contributed by atoms with E-state index >= 15 is 0 Å². The molecule has 0 aromatic heterocycles. The lowest BCUT2D eigenvalue weighted by Gasteiger charge is -2.18. The number of rotatable bonds is 6. The fourth-order valence-electron chi connectivity index (χ4n) is 0.983. The minimum absolute atomic E-state index is 0.328. The first-order valence-electron chi connectivity index (χ1n) is 4.41. The van der Waals surface area contributed by atoms with Gasteiger partial charge < -0.3 is 9.90 Å². The van der Waals surface area contributed by atoms with E-state index in [9.17, 15) is 18.3 Å². The molecule has 0 amide bonds. The number of carboxylic acids is 1. The van der Waals surface area contributed by atoms with Crippen LogP contribution in [0.3, 0.4) is 0 Å². The van der Waals surface area contributed by atoms with Crippen LogP contribution in [0.1, 0.15) is 20.8 Å². The summed E-state index contributed by atoms with van der Waals surface area (Å²) >= 11 is 0. The second-order valence-corrected chi connectivity index (χ2v) is 4.69. The number of hydrogen-bond acceptors (Lipinski definition) is 4. The van der Waals surface area contributed by atoms with Gasteiger partial charge in [0.15, 0.2) is 0 Å². The van der Waals surface area contributed by atoms with Crippen molar-refractivity contribution in [1.29, 1.82) is 0 Å². The van der Waals surface area contributed by atoms with Crippen LogP contribution in [-0.2, 0) is 15.0 Å². The number of hydrogen-bond donors (Lipinski definition) is 1. The first kappa shape index (κ1) is 13.3. The predicted molar refractivity (Wildman–Crippen MR) is 48.2 cm³/mol. The van der Waals surface area contributed by atoms with Crippen molar-refractivity contribution in [3.63, 3.8) is 0 Å². The van der Waals surface area contributed by atoms with Gasteiger partial charge in [0.25, 0.3) is 0 Å². The molecule has 7 heteroatoms. The Hall–Kier alpha value is -0.660. The van der Waals surface area contributed by atoms with Crippen molar-refractivity contribution in [2.75, 3.05) is 13.1 Å². The van der Waals surface area contributed by atoms with E-state index in [2.05, 4.69) is 0 Å². The van der Waals surface area contributed by atoms with Gasteiger partial charge in [0, 0.05) is 13.1 Å². The quantitative estimate of drug-likeness (QED) is 0.530. The molecule has 0 spiro atoms. The average molecular weight is 224 g/mol. The van der Waals surface area contributed by atoms with E-state index in [0.29, 0.717) is 13.1 Å². The highest BCUT2D eigenvalue weighted by molar-refractivity contribution is 7.82. The Morgan fingerprint density at radius 1 is 1.43 bits per heavy atom. The number of aliphatic carboxylic acids is 1. The van der Waals surface area contributed by atoms with Crippen LogP contribution in [-0.4, -0.2) is 37.8 Å². The van der Waals surface area contributed by atoms with E-state index in [0.717, 1.165) is 4.72 Å². The molecule has 0 fully saturated rings. The molecule has 0 aliphatic heterocycles. The second kappa shape index (κ2) is 5.28. The Morgan fingerprint density at radius 3 is 2.14 bits per heavy atom. The lowest BCUT2D eigenvalue weighted by atomic mass is 10.4. The van der Waals surface area contributed by atoms with E-state index in [1.807, 2.05) is 0 Å². The van der Waals surface area contributed by atoms with Gasteiger partial charge >= 0.3 is 10.2 Å². The molecule has 6 nitrogen and oxygen atoms in total. The molecule has 14 heavy (non-hydrogen) atoms. The Morgan fingerprint density at radius 2 is 1.86 bits per heavy atom. The first-order chi connectivity index (χ1) is 6.35. The maximum Gasteiger partial charge on any atom is 0.369 e. The zero-order valence-electron chi connectivity index (χ0n) is 8.56. The summed E-state index contributed by atoms with van der Waals surface area (Å²) in [6.45, 7) is 5.32. The summed E-state index contributed by atoms with van der Waals surface area (Å²) in [7, 11) is -3.58. The zero-order valence-corrected chi connectivity index (χ0v) is 9.37. The van der Waals surface area contributed by atoms with Gasteiger partial charge in [0.1, 0.15) is 12.0 Å². The van der Waals surface area contributed by atoms with Crippen LogP contribution in [0.2, 0.25) is 0 Å². The van der Waals surface area contributed by atoms with E-state index in [-0.39, 0.29) is 0 Å². The Balaban J connectivity index is 4.56. The summed E-state index contributed by atoms with van der Waals surface area (Å²) in [5.74, 6) is -1.39. The highest BCUT2D eigenvalue weighted by Gasteiger charge is 2.25. The maximum absolute atomic E-state index is 11.5. The SMILES string of the molecule is CCN(CC)S(=O)(=O)[NH2+][C@@H](C)C(=O)[O-]. The Labute approximate surface area is 84.1 Å². The van der Waals surface area contributed by atoms with Crippen LogP contribution in [0.5, 0.6) is 0 Å². The van der Waals surface area contributed by atoms with Gasteiger partial charge in [-0.1, -0.05) is 13.8 Å². The third-order valence-electron chi connectivity index (χ3n) is 1.81. The molecule has 0 bridgehead atoms. The van der Waals surface area contributed by atoms with Gasteiger partial charge in [0.05, 0.1) is 0 Å². The third kappa shape index (κ3) is 3.60. The number of carbonyl (C=O) groups excluding carboxylic acids is 1. The number of carbonyl (C=O) groups is 1. The van der Waals surface area contributed by atoms with Crippen molar-refractivity contribution in [1.82, 2.24) is 4.31 Å². The molecular formula is C7H16N2O4S. The van der Waals surface area contributed by atoms with E-state index in [1.165, 1.54) is 11.2 Å². The topological polar surface area (TPSA) is 94.1 Å². The lowest BCUT2D eigenvalue weighted by Crippen LogP contribution is -2.96. The van der Waals surface area contributed by atoms with Crippen LogP contribution in [0, 0.1) is 0 Å². The summed E-state index contributed by atoms with van der Waals surface area (Å²) < 4.78 is 25.0. The van der Waals surface area contributed by atoms with E-state index < -0.39 is 22.2 Å². The van der Waals surface area contributed by atoms with Crippen LogP contribution in [0.4, 0.5) is 0 Å². The highest BCUT2D eigenvalue weighted by atomic mass is 32.2. The van der Waals surface area contributed by atoms with Crippen molar-refractivity contribution in [3.8, 4) is 0 Å². The van der Waals surface area contributed by atoms with Gasteiger partial charge in [-0.15, -0.1) is 0 Å². The van der Waals surface area contributed by atoms with Crippen molar-refractivity contribution in [3.05, 3.63) is 0 Å². The average Bonchev–Trinajstić information content (AvgIpc) is 2.04. The summed E-state index contributed by atoms with van der Waals surface area (Å²) in [6.07, 6.45) is 0. The molecule has 0 radical (unpaired) electrons. The van der Waals surface area contributed by atoms with E-state index in [4.69, 9.17) is 0 Å². The maximum atomic E-state index is 11.5. The van der Waals surface area contributed by atoms with Crippen LogP contribution < -0.4 is 9.83 Å². The van der Waals surface area contributed by atoms with Gasteiger partial charge in [-0.05, 0) is 6.92 Å². The predicted octanol–water partition coefficient (Wildman–Crippen LogP) is -2.73. The molecule has 0 aromatic rings. The van der Waals surface area contributed by atoms with Crippen LogP contribution in [0.25, 0.3) is 0 Å². The van der Waals surface area contributed by atoms with Crippen LogP contribution in [0.15, 0.2) is 0 Å². The largest absolute Gasteiger partial charge is 0.544 e. The number of carboxylic acid groups (broad SMARTS) is 1. The van der Waals surface area contributed by atoms with Gasteiger partial charge in [-0.25, -0.2) is 4.72 Å². The zero-order chi connectivity index (χ0) is 11.4. The summed E-state index contributed by atoms with van der Waals surface area (Å²) in [5, 5.41) is 10.4. The monoisotopic (exact) mass is 224 g/mol.